The van der Waals surface area contributed by atoms with Crippen molar-refractivity contribution in [2.24, 2.45) is 0 Å². The fraction of sp³-hybridized carbons (Fsp3) is 0.357. The number of fused-ring (bicyclic) bond motifs is 3. The van der Waals surface area contributed by atoms with Crippen molar-refractivity contribution >= 4 is 32.7 Å². The third-order valence-corrected chi connectivity index (χ3v) is 4.50. The molecule has 3 rings (SSSR count). The Labute approximate surface area is 127 Å². The van der Waals surface area contributed by atoms with E-state index >= 15 is 0 Å². The summed E-state index contributed by atoms with van der Waals surface area (Å²) in [4.78, 5) is 11.7. The Morgan fingerprint density at radius 1 is 1.24 bits per heavy atom. The molecular weight excluding hydrogens is 349 g/mol. The average Bonchev–Trinajstić information content (AvgIpc) is 2.67. The van der Waals surface area contributed by atoms with Crippen molar-refractivity contribution < 1.29 is 18.0 Å². The second kappa shape index (κ2) is 5.05. The molecule has 2 heterocycles. The van der Waals surface area contributed by atoms with Crippen LogP contribution in [0.2, 0.25) is 0 Å². The van der Waals surface area contributed by atoms with Crippen LogP contribution in [0.5, 0.6) is 0 Å². The molecule has 7 heteroatoms. The molecule has 1 amide bonds. The summed E-state index contributed by atoms with van der Waals surface area (Å²) in [7, 11) is 0. The first kappa shape index (κ1) is 14.4. The molecule has 112 valence electrons. The standard InChI is InChI=1S/C14H12BrF3N2O/c15-12-8-10-7-9-3-1-2-4-11(9)19(10)5-6-20(12)13(21)14(16,17)18/h1-4,7,12H,5-6,8H2. The van der Waals surface area contributed by atoms with Crippen LogP contribution in [0, 0.1) is 0 Å². The van der Waals surface area contributed by atoms with E-state index in [9.17, 15) is 18.0 Å². The first-order valence-corrected chi connectivity index (χ1v) is 7.38. The SMILES string of the molecule is O=C(N1CCn2c(cc3ccccc32)CC1Br)C(F)(F)F. The highest BCUT2D eigenvalue weighted by atomic mass is 79.9. The van der Waals surface area contributed by atoms with Gasteiger partial charge in [-0.2, -0.15) is 13.2 Å². The number of aromatic nitrogens is 1. The second-order valence-corrected chi connectivity index (χ2v) is 6.04. The van der Waals surface area contributed by atoms with Crippen molar-refractivity contribution in [3.8, 4) is 0 Å². The molecule has 1 aliphatic heterocycles. The monoisotopic (exact) mass is 360 g/mol. The number of nitrogens with zero attached hydrogens (tertiary/aromatic N) is 2. The van der Waals surface area contributed by atoms with Crippen LogP contribution in [-0.2, 0) is 17.8 Å². The molecule has 0 saturated carbocycles. The topological polar surface area (TPSA) is 25.2 Å². The molecule has 0 spiro atoms. The van der Waals surface area contributed by atoms with Gasteiger partial charge in [-0.05, 0) is 17.5 Å². The summed E-state index contributed by atoms with van der Waals surface area (Å²) in [5.74, 6) is -1.79. The molecule has 0 saturated heterocycles. The maximum absolute atomic E-state index is 12.6. The Kier molecular flexibility index (Phi) is 3.47. The van der Waals surface area contributed by atoms with E-state index in [4.69, 9.17) is 0 Å². The van der Waals surface area contributed by atoms with E-state index in [2.05, 4.69) is 15.9 Å². The minimum absolute atomic E-state index is 0.0277. The van der Waals surface area contributed by atoms with Gasteiger partial charge in [-0.3, -0.25) is 4.79 Å². The van der Waals surface area contributed by atoms with Crippen LogP contribution in [0.3, 0.4) is 0 Å². The van der Waals surface area contributed by atoms with Crippen molar-refractivity contribution in [2.45, 2.75) is 24.1 Å². The quantitative estimate of drug-likeness (QED) is 0.522. The number of alkyl halides is 4. The van der Waals surface area contributed by atoms with Crippen LogP contribution in [0.15, 0.2) is 30.3 Å². The molecule has 3 nitrogen and oxygen atoms in total. The van der Waals surface area contributed by atoms with Gasteiger partial charge in [0.1, 0.15) is 0 Å². The highest BCUT2D eigenvalue weighted by Gasteiger charge is 2.44. The van der Waals surface area contributed by atoms with Gasteiger partial charge in [0.05, 0.1) is 4.95 Å². The molecule has 1 aromatic carbocycles. The van der Waals surface area contributed by atoms with Gasteiger partial charge in [-0.1, -0.05) is 34.1 Å². The number of para-hydroxylation sites is 1. The van der Waals surface area contributed by atoms with Gasteiger partial charge >= 0.3 is 12.1 Å². The van der Waals surface area contributed by atoms with Crippen molar-refractivity contribution in [2.75, 3.05) is 6.54 Å². The summed E-state index contributed by atoms with van der Waals surface area (Å²) >= 11 is 3.22. The van der Waals surface area contributed by atoms with Gasteiger partial charge in [0.2, 0.25) is 0 Å². The Balaban J connectivity index is 1.94. The largest absolute Gasteiger partial charge is 0.471 e. The molecule has 21 heavy (non-hydrogen) atoms. The van der Waals surface area contributed by atoms with Gasteiger partial charge < -0.3 is 9.47 Å². The van der Waals surface area contributed by atoms with E-state index in [0.717, 1.165) is 21.5 Å². The average molecular weight is 361 g/mol. The summed E-state index contributed by atoms with van der Waals surface area (Å²) in [6, 6.07) is 9.69. The predicted octanol–water partition coefficient (Wildman–Crippen LogP) is 3.31. The lowest BCUT2D eigenvalue weighted by atomic mass is 10.2. The lowest BCUT2D eigenvalue weighted by molar-refractivity contribution is -0.186. The summed E-state index contributed by atoms with van der Waals surface area (Å²) in [6.45, 7) is 0.382. The molecular formula is C14H12BrF3N2O. The number of rotatable bonds is 0. The highest BCUT2D eigenvalue weighted by Crippen LogP contribution is 2.29. The van der Waals surface area contributed by atoms with Gasteiger partial charge in [0.15, 0.2) is 0 Å². The molecule has 0 bridgehead atoms. The second-order valence-electron chi connectivity index (χ2n) is 4.98. The Morgan fingerprint density at radius 2 is 1.95 bits per heavy atom. The minimum atomic E-state index is -4.84. The van der Waals surface area contributed by atoms with Gasteiger partial charge in [0.25, 0.3) is 0 Å². The zero-order valence-corrected chi connectivity index (χ0v) is 12.5. The van der Waals surface area contributed by atoms with E-state index in [0.29, 0.717) is 13.0 Å². The lowest BCUT2D eigenvalue weighted by Gasteiger charge is -2.26. The fourth-order valence-corrected chi connectivity index (χ4v) is 3.45. The minimum Gasteiger partial charge on any atom is -0.343 e. The number of halogens is 4. The summed E-state index contributed by atoms with van der Waals surface area (Å²) in [5, 5.41) is 1.06. The molecule has 1 atom stereocenters. The molecule has 1 aromatic heterocycles. The van der Waals surface area contributed by atoms with Gasteiger partial charge in [0, 0.05) is 30.7 Å². The van der Waals surface area contributed by atoms with Crippen molar-refractivity contribution in [1.29, 1.82) is 0 Å². The van der Waals surface area contributed by atoms with Crippen LogP contribution in [0.1, 0.15) is 5.69 Å². The number of carbonyl (C=O) groups is 1. The van der Waals surface area contributed by atoms with E-state index in [1.807, 2.05) is 34.9 Å². The number of carbonyl (C=O) groups excluding carboxylic acids is 1. The van der Waals surface area contributed by atoms with Crippen molar-refractivity contribution in [1.82, 2.24) is 9.47 Å². The molecule has 2 aromatic rings. The molecule has 1 aliphatic rings. The summed E-state index contributed by atoms with van der Waals surface area (Å²) in [6.07, 6.45) is -4.50. The molecule has 0 fully saturated rings. The maximum Gasteiger partial charge on any atom is 0.471 e. The maximum atomic E-state index is 12.6. The summed E-state index contributed by atoms with van der Waals surface area (Å²) in [5.41, 5.74) is 1.91. The number of hydrogen-bond donors (Lipinski definition) is 0. The zero-order chi connectivity index (χ0) is 15.2. The van der Waals surface area contributed by atoms with E-state index in [1.54, 1.807) is 0 Å². The first-order valence-electron chi connectivity index (χ1n) is 6.47. The number of benzene rings is 1. The third kappa shape index (κ3) is 2.54. The van der Waals surface area contributed by atoms with Crippen LogP contribution in [0.4, 0.5) is 13.2 Å². The Morgan fingerprint density at radius 3 is 2.67 bits per heavy atom. The predicted molar refractivity (Wildman–Crippen MR) is 76.1 cm³/mol. The Hall–Kier alpha value is -1.50. The smallest absolute Gasteiger partial charge is 0.343 e. The zero-order valence-electron chi connectivity index (χ0n) is 10.9. The van der Waals surface area contributed by atoms with E-state index in [1.165, 1.54) is 0 Å². The normalized spacial score (nSPS) is 19.4. The van der Waals surface area contributed by atoms with Crippen LogP contribution in [-0.4, -0.2) is 33.0 Å². The Bertz CT molecular complexity index is 695. The summed E-state index contributed by atoms with van der Waals surface area (Å²) < 4.78 is 39.9. The van der Waals surface area contributed by atoms with Crippen LogP contribution in [0.25, 0.3) is 10.9 Å². The first-order chi connectivity index (χ1) is 9.88. The van der Waals surface area contributed by atoms with E-state index in [-0.39, 0.29) is 6.54 Å². The fourth-order valence-electron chi connectivity index (χ4n) is 2.72. The van der Waals surface area contributed by atoms with Crippen molar-refractivity contribution in [3.63, 3.8) is 0 Å². The highest BCUT2D eigenvalue weighted by molar-refractivity contribution is 9.09. The van der Waals surface area contributed by atoms with Crippen LogP contribution < -0.4 is 0 Å². The van der Waals surface area contributed by atoms with Crippen molar-refractivity contribution in [3.05, 3.63) is 36.0 Å². The van der Waals surface area contributed by atoms with Gasteiger partial charge in [-0.25, -0.2) is 0 Å². The third-order valence-electron chi connectivity index (χ3n) is 3.68. The molecule has 0 radical (unpaired) electrons. The van der Waals surface area contributed by atoms with E-state index < -0.39 is 17.0 Å². The van der Waals surface area contributed by atoms with Crippen LogP contribution >= 0.6 is 15.9 Å². The van der Waals surface area contributed by atoms with Gasteiger partial charge in [-0.15, -0.1) is 0 Å². The number of hydrogen-bond acceptors (Lipinski definition) is 1. The molecule has 1 unspecified atom stereocenters. The molecule has 0 N–H and O–H groups in total. The molecule has 0 aliphatic carbocycles. The lowest BCUT2D eigenvalue weighted by Crippen LogP contribution is -2.45. The number of amides is 1.